The number of benzene rings is 2. The summed E-state index contributed by atoms with van der Waals surface area (Å²) in [5.41, 5.74) is 3.11. The Morgan fingerprint density at radius 1 is 1.16 bits per heavy atom. The van der Waals surface area contributed by atoms with Crippen molar-refractivity contribution < 1.29 is 14.0 Å². The Kier molecular flexibility index (Phi) is 5.84. The molecule has 7 heteroatoms. The molecule has 1 aliphatic heterocycles. The lowest BCUT2D eigenvalue weighted by atomic mass is 9.82. The molecule has 0 unspecified atom stereocenters. The largest absolute Gasteiger partial charge is 0.343 e. The number of rotatable bonds is 6. The summed E-state index contributed by atoms with van der Waals surface area (Å²) in [6.07, 6.45) is 1.99. The second-order valence-corrected chi connectivity index (χ2v) is 7.76. The van der Waals surface area contributed by atoms with E-state index in [0.29, 0.717) is 12.2 Å². The molecule has 1 aromatic heterocycles. The van der Waals surface area contributed by atoms with Gasteiger partial charge in [-0.15, -0.1) is 0 Å². The molecular formula is C24H25FN4O2. The van der Waals surface area contributed by atoms with Crippen molar-refractivity contribution in [3.8, 4) is 5.69 Å². The van der Waals surface area contributed by atoms with Gasteiger partial charge in [-0.1, -0.05) is 43.7 Å². The van der Waals surface area contributed by atoms with Crippen molar-refractivity contribution in [1.82, 2.24) is 15.1 Å². The van der Waals surface area contributed by atoms with Gasteiger partial charge in [0.1, 0.15) is 17.7 Å². The molecule has 160 valence electrons. The van der Waals surface area contributed by atoms with Crippen molar-refractivity contribution in [3.63, 3.8) is 0 Å². The minimum Gasteiger partial charge on any atom is -0.343 e. The lowest BCUT2D eigenvalue weighted by Gasteiger charge is -2.32. The molecule has 2 amide bonds. The lowest BCUT2D eigenvalue weighted by molar-refractivity contribution is -0.127. The molecule has 0 saturated heterocycles. The Balaban J connectivity index is 1.82. The molecule has 6 nitrogen and oxygen atoms in total. The molecule has 3 aromatic rings. The first kappa shape index (κ1) is 20.8. The SMILES string of the molecule is CCCCC(=O)N[C@@H]1C(=O)Nc2c(c(C)nn2-c2ccccc2)[C@@H]1c1ccc(F)cc1. The van der Waals surface area contributed by atoms with Gasteiger partial charge >= 0.3 is 0 Å². The van der Waals surface area contributed by atoms with Crippen molar-refractivity contribution in [2.24, 2.45) is 0 Å². The van der Waals surface area contributed by atoms with Crippen molar-refractivity contribution in [2.45, 2.75) is 45.1 Å². The zero-order valence-electron chi connectivity index (χ0n) is 17.6. The van der Waals surface area contributed by atoms with Crippen LogP contribution in [0.4, 0.5) is 10.2 Å². The topological polar surface area (TPSA) is 76.0 Å². The third kappa shape index (κ3) is 4.08. The highest BCUT2D eigenvalue weighted by molar-refractivity contribution is 6.01. The van der Waals surface area contributed by atoms with Gasteiger partial charge in [-0.25, -0.2) is 9.07 Å². The molecule has 0 aliphatic carbocycles. The third-order valence-corrected chi connectivity index (χ3v) is 5.58. The first-order valence-corrected chi connectivity index (χ1v) is 10.5. The number of unbranched alkanes of at least 4 members (excludes halogenated alkanes) is 1. The molecule has 0 fully saturated rings. The molecule has 31 heavy (non-hydrogen) atoms. The van der Waals surface area contributed by atoms with Gasteiger partial charge in [0.2, 0.25) is 11.8 Å². The lowest BCUT2D eigenvalue weighted by Crippen LogP contribution is -2.50. The number of amides is 2. The van der Waals surface area contributed by atoms with E-state index in [1.807, 2.05) is 44.2 Å². The monoisotopic (exact) mass is 420 g/mol. The van der Waals surface area contributed by atoms with Crippen molar-refractivity contribution >= 4 is 17.6 Å². The molecule has 1 aliphatic rings. The number of carbonyl (C=O) groups is 2. The van der Waals surface area contributed by atoms with Crippen LogP contribution in [0.1, 0.15) is 48.9 Å². The van der Waals surface area contributed by atoms with E-state index in [4.69, 9.17) is 0 Å². The van der Waals surface area contributed by atoms with Crippen molar-refractivity contribution in [3.05, 3.63) is 77.2 Å². The summed E-state index contributed by atoms with van der Waals surface area (Å²) in [4.78, 5) is 25.7. The smallest absolute Gasteiger partial charge is 0.249 e. The van der Waals surface area contributed by atoms with Gasteiger partial charge in [0, 0.05) is 17.9 Å². The number of anilines is 1. The van der Waals surface area contributed by atoms with Crippen LogP contribution < -0.4 is 10.6 Å². The predicted molar refractivity (Wildman–Crippen MR) is 117 cm³/mol. The van der Waals surface area contributed by atoms with Crippen LogP contribution in [0.3, 0.4) is 0 Å². The maximum atomic E-state index is 13.6. The molecule has 2 heterocycles. The average molecular weight is 420 g/mol. The fourth-order valence-corrected chi connectivity index (χ4v) is 4.06. The summed E-state index contributed by atoms with van der Waals surface area (Å²) in [5.74, 6) is -0.756. The first-order chi connectivity index (χ1) is 15.0. The zero-order valence-corrected chi connectivity index (χ0v) is 17.6. The van der Waals surface area contributed by atoms with Crippen molar-refractivity contribution in [2.75, 3.05) is 5.32 Å². The van der Waals surface area contributed by atoms with E-state index in [-0.39, 0.29) is 17.6 Å². The highest BCUT2D eigenvalue weighted by Crippen LogP contribution is 2.40. The molecule has 0 saturated carbocycles. The van der Waals surface area contributed by atoms with Gasteiger partial charge < -0.3 is 10.6 Å². The summed E-state index contributed by atoms with van der Waals surface area (Å²) < 4.78 is 15.3. The van der Waals surface area contributed by atoms with Gasteiger partial charge in [0.15, 0.2) is 0 Å². The molecule has 2 N–H and O–H groups in total. The Morgan fingerprint density at radius 3 is 2.55 bits per heavy atom. The van der Waals surface area contributed by atoms with Crippen LogP contribution >= 0.6 is 0 Å². The molecular weight excluding hydrogens is 395 g/mol. The number of hydrogen-bond acceptors (Lipinski definition) is 3. The number of fused-ring (bicyclic) bond motifs is 1. The molecule has 0 spiro atoms. The first-order valence-electron chi connectivity index (χ1n) is 10.5. The quantitative estimate of drug-likeness (QED) is 0.631. The molecule has 0 radical (unpaired) electrons. The van der Waals surface area contributed by atoms with E-state index in [0.717, 1.165) is 35.3 Å². The number of hydrogen-bond donors (Lipinski definition) is 2. The number of aromatic nitrogens is 2. The van der Waals surface area contributed by atoms with Crippen LogP contribution in [0.5, 0.6) is 0 Å². The van der Waals surface area contributed by atoms with Gasteiger partial charge in [0.05, 0.1) is 11.4 Å². The maximum absolute atomic E-state index is 13.6. The normalized spacial score (nSPS) is 17.7. The second kappa shape index (κ2) is 8.71. The van der Waals surface area contributed by atoms with Crippen LogP contribution in [0.15, 0.2) is 54.6 Å². The van der Waals surface area contributed by atoms with E-state index in [2.05, 4.69) is 15.7 Å². The minimum absolute atomic E-state index is 0.175. The zero-order chi connectivity index (χ0) is 22.0. The third-order valence-electron chi connectivity index (χ3n) is 5.58. The van der Waals surface area contributed by atoms with Crippen LogP contribution in [0.25, 0.3) is 5.69 Å². The average Bonchev–Trinajstić information content (AvgIpc) is 3.10. The van der Waals surface area contributed by atoms with Gasteiger partial charge in [-0.05, 0) is 43.2 Å². The molecule has 2 aromatic carbocycles. The second-order valence-electron chi connectivity index (χ2n) is 7.76. The molecule has 2 atom stereocenters. The summed E-state index contributed by atoms with van der Waals surface area (Å²) in [6.45, 7) is 3.89. The number of para-hydroxylation sites is 1. The fourth-order valence-electron chi connectivity index (χ4n) is 4.06. The Morgan fingerprint density at radius 2 is 1.87 bits per heavy atom. The van der Waals surface area contributed by atoms with Gasteiger partial charge in [0.25, 0.3) is 0 Å². The van der Waals surface area contributed by atoms with E-state index >= 15 is 0 Å². The molecule has 4 rings (SSSR count). The predicted octanol–water partition coefficient (Wildman–Crippen LogP) is 4.08. The van der Waals surface area contributed by atoms with Gasteiger partial charge in [-0.2, -0.15) is 5.10 Å². The summed E-state index contributed by atoms with van der Waals surface area (Å²) in [7, 11) is 0. The van der Waals surface area contributed by atoms with E-state index in [1.54, 1.807) is 16.8 Å². The number of aryl methyl sites for hydroxylation is 1. The van der Waals surface area contributed by atoms with Crippen molar-refractivity contribution in [1.29, 1.82) is 0 Å². The van der Waals surface area contributed by atoms with Crippen LogP contribution in [0, 0.1) is 12.7 Å². The minimum atomic E-state index is -0.811. The molecule has 0 bridgehead atoms. The number of nitrogens with one attached hydrogen (secondary N) is 2. The van der Waals surface area contributed by atoms with E-state index < -0.39 is 12.0 Å². The maximum Gasteiger partial charge on any atom is 0.249 e. The van der Waals surface area contributed by atoms with Crippen LogP contribution in [0.2, 0.25) is 0 Å². The highest BCUT2D eigenvalue weighted by atomic mass is 19.1. The number of nitrogens with zero attached hydrogens (tertiary/aromatic N) is 2. The fraction of sp³-hybridized carbons (Fsp3) is 0.292. The summed E-state index contributed by atoms with van der Waals surface area (Å²) >= 11 is 0. The Labute approximate surface area is 180 Å². The Hall–Kier alpha value is -3.48. The standard InChI is InChI=1S/C24H25FN4O2/c1-3-4-10-19(30)26-22-21(16-11-13-17(25)14-12-16)20-15(2)28-29(23(20)27-24(22)31)18-8-6-5-7-9-18/h5-9,11-14,21-22H,3-4,10H2,1-2H3,(H,26,30)(H,27,31)/t21-,22-/m0/s1. The van der Waals surface area contributed by atoms with Gasteiger partial charge in [-0.3, -0.25) is 9.59 Å². The van der Waals surface area contributed by atoms with Crippen LogP contribution in [-0.4, -0.2) is 27.6 Å². The number of carbonyl (C=O) groups excluding carboxylic acids is 2. The number of halogens is 1. The van der Waals surface area contributed by atoms with E-state index in [1.165, 1.54) is 12.1 Å². The highest BCUT2D eigenvalue weighted by Gasteiger charge is 2.41. The Bertz CT molecular complexity index is 1090. The van der Waals surface area contributed by atoms with Crippen LogP contribution in [-0.2, 0) is 9.59 Å². The summed E-state index contributed by atoms with van der Waals surface area (Å²) in [6, 6.07) is 14.8. The summed E-state index contributed by atoms with van der Waals surface area (Å²) in [5, 5.41) is 10.5. The van der Waals surface area contributed by atoms with E-state index in [9.17, 15) is 14.0 Å².